The molecule has 3 aromatic rings. The number of carbonyl (C=O) groups excluding carboxylic acids is 2. The Hall–Kier alpha value is -3.46. The highest BCUT2D eigenvalue weighted by Crippen LogP contribution is 2.43. The van der Waals surface area contributed by atoms with Gasteiger partial charge in [-0.15, -0.1) is 11.8 Å². The molecule has 2 aliphatic heterocycles. The van der Waals surface area contributed by atoms with Crippen molar-refractivity contribution in [3.63, 3.8) is 0 Å². The second-order valence-corrected chi connectivity index (χ2v) is 10.5. The van der Waals surface area contributed by atoms with Crippen LogP contribution in [0.4, 0.5) is 0 Å². The second kappa shape index (κ2) is 10.9. The highest BCUT2D eigenvalue weighted by atomic mass is 32.2. The summed E-state index contributed by atoms with van der Waals surface area (Å²) in [7, 11) is 0. The number of amides is 2. The molecule has 0 saturated heterocycles. The molecule has 0 bridgehead atoms. The molecule has 2 aliphatic rings. The molecule has 37 heavy (non-hydrogen) atoms. The first-order valence-corrected chi connectivity index (χ1v) is 13.3. The minimum absolute atomic E-state index is 0.348. The van der Waals surface area contributed by atoms with Crippen LogP contribution in [0.1, 0.15) is 47.2 Å². The van der Waals surface area contributed by atoms with Gasteiger partial charge in [-0.05, 0) is 58.9 Å². The third kappa shape index (κ3) is 5.32. The summed E-state index contributed by atoms with van der Waals surface area (Å²) in [6.45, 7) is 2.50. The van der Waals surface area contributed by atoms with Crippen molar-refractivity contribution in [3.8, 4) is 0 Å². The Morgan fingerprint density at radius 3 is 2.22 bits per heavy atom. The molecule has 0 fully saturated rings. The fourth-order valence-electron chi connectivity index (χ4n) is 4.80. The fraction of sp³-hybridized carbons (Fsp3) is 0.276. The summed E-state index contributed by atoms with van der Waals surface area (Å²) in [5.74, 6) is -0.421. The molecule has 3 N–H and O–H groups in total. The predicted octanol–water partition coefficient (Wildman–Crippen LogP) is 3.53. The van der Waals surface area contributed by atoms with Crippen molar-refractivity contribution in [3.05, 3.63) is 101 Å². The highest BCUT2D eigenvalue weighted by molar-refractivity contribution is 8.08. The van der Waals surface area contributed by atoms with Crippen molar-refractivity contribution in [1.82, 2.24) is 15.2 Å². The van der Waals surface area contributed by atoms with Gasteiger partial charge >= 0.3 is 0 Å². The van der Waals surface area contributed by atoms with Gasteiger partial charge in [0.1, 0.15) is 0 Å². The number of carbonyl (C=O) groups is 2. The van der Waals surface area contributed by atoms with Crippen LogP contribution < -0.4 is 5.32 Å². The standard InChI is InChI=1S/C29H29N3O4S/c1-18(19-6-8-21(9-7-19)27-24(12-15-37-27)20-10-13-30-14-11-20)31-28(35)25(33)26(34)29(36)32-16-22-4-2-3-5-23(22)17-32/h2-11,13-14,18,25-26,33-34H,12,15-17H2,1H3,(H,31,35)/t18-,25-,26-/m1/s1. The lowest BCUT2D eigenvalue weighted by Crippen LogP contribution is -2.50. The Morgan fingerprint density at radius 2 is 1.57 bits per heavy atom. The quantitative estimate of drug-likeness (QED) is 0.445. The number of nitrogens with one attached hydrogen (secondary N) is 1. The van der Waals surface area contributed by atoms with Gasteiger partial charge in [-0.2, -0.15) is 0 Å². The van der Waals surface area contributed by atoms with Crippen LogP contribution in [0.3, 0.4) is 0 Å². The van der Waals surface area contributed by atoms with E-state index in [0.29, 0.717) is 13.1 Å². The van der Waals surface area contributed by atoms with Gasteiger partial charge in [0.2, 0.25) is 0 Å². The molecule has 1 aromatic heterocycles. The molecule has 2 aromatic carbocycles. The van der Waals surface area contributed by atoms with Gasteiger partial charge in [0.05, 0.1) is 6.04 Å². The van der Waals surface area contributed by atoms with Crippen LogP contribution in [-0.4, -0.2) is 49.9 Å². The van der Waals surface area contributed by atoms with Crippen molar-refractivity contribution in [1.29, 1.82) is 0 Å². The summed E-state index contributed by atoms with van der Waals surface area (Å²) in [6, 6.07) is 19.2. The first-order chi connectivity index (χ1) is 17.9. The van der Waals surface area contributed by atoms with Gasteiger partial charge in [0.25, 0.3) is 11.8 Å². The third-order valence-corrected chi connectivity index (χ3v) is 8.09. The first kappa shape index (κ1) is 25.2. The van der Waals surface area contributed by atoms with Crippen LogP contribution in [0.5, 0.6) is 0 Å². The van der Waals surface area contributed by atoms with Gasteiger partial charge in [-0.3, -0.25) is 14.6 Å². The number of aliphatic hydroxyl groups excluding tert-OH is 2. The largest absolute Gasteiger partial charge is 0.380 e. The van der Waals surface area contributed by atoms with Gasteiger partial charge in [-0.25, -0.2) is 0 Å². The van der Waals surface area contributed by atoms with Crippen LogP contribution in [0.2, 0.25) is 0 Å². The van der Waals surface area contributed by atoms with E-state index in [1.165, 1.54) is 20.9 Å². The van der Waals surface area contributed by atoms with E-state index < -0.39 is 30.1 Å². The summed E-state index contributed by atoms with van der Waals surface area (Å²) in [5.41, 5.74) is 6.46. The van der Waals surface area contributed by atoms with E-state index in [4.69, 9.17) is 0 Å². The van der Waals surface area contributed by atoms with Crippen LogP contribution in [-0.2, 0) is 22.7 Å². The maximum absolute atomic E-state index is 12.7. The molecule has 0 aliphatic carbocycles. The number of thioether (sulfide) groups is 1. The average molecular weight is 516 g/mol. The van der Waals surface area contributed by atoms with E-state index in [1.54, 1.807) is 19.3 Å². The first-order valence-electron chi connectivity index (χ1n) is 12.3. The Kier molecular flexibility index (Phi) is 7.41. The van der Waals surface area contributed by atoms with E-state index in [1.807, 2.05) is 72.4 Å². The molecule has 5 rings (SSSR count). The molecular weight excluding hydrogens is 486 g/mol. The van der Waals surface area contributed by atoms with E-state index in [0.717, 1.165) is 34.4 Å². The summed E-state index contributed by atoms with van der Waals surface area (Å²) < 4.78 is 0. The van der Waals surface area contributed by atoms with Crippen molar-refractivity contribution in [2.24, 2.45) is 0 Å². The molecule has 2 amide bonds. The van der Waals surface area contributed by atoms with E-state index in [-0.39, 0.29) is 0 Å². The number of aromatic nitrogens is 1. The van der Waals surface area contributed by atoms with Crippen LogP contribution in [0.25, 0.3) is 10.5 Å². The van der Waals surface area contributed by atoms with Gasteiger partial charge in [-0.1, -0.05) is 48.5 Å². The number of fused-ring (bicyclic) bond motifs is 1. The SMILES string of the molecule is C[C@@H](NC(=O)[C@H](O)[C@@H](O)C(=O)N1Cc2ccccc2C1)c1ccc(C2=C(c3ccncc3)CCS2)cc1. The number of aliphatic hydroxyl groups is 2. The minimum atomic E-state index is -1.86. The summed E-state index contributed by atoms with van der Waals surface area (Å²) >= 11 is 1.83. The zero-order valence-electron chi connectivity index (χ0n) is 20.5. The van der Waals surface area contributed by atoms with E-state index in [2.05, 4.69) is 10.3 Å². The molecule has 0 unspecified atom stereocenters. The maximum Gasteiger partial charge on any atom is 0.255 e. The second-order valence-electron chi connectivity index (χ2n) is 9.35. The van der Waals surface area contributed by atoms with Gasteiger partial charge in [0, 0.05) is 36.1 Å². The zero-order chi connectivity index (χ0) is 25.9. The summed E-state index contributed by atoms with van der Waals surface area (Å²) in [4.78, 5) is 32.2. The molecular formula is C29H29N3O4S. The Morgan fingerprint density at radius 1 is 0.919 bits per heavy atom. The lowest BCUT2D eigenvalue weighted by molar-refractivity contribution is -0.153. The number of benzene rings is 2. The number of hydrogen-bond acceptors (Lipinski definition) is 6. The lowest BCUT2D eigenvalue weighted by Gasteiger charge is -2.24. The van der Waals surface area contributed by atoms with Crippen molar-refractivity contribution in [2.45, 2.75) is 44.7 Å². The topological polar surface area (TPSA) is 103 Å². The van der Waals surface area contributed by atoms with Crippen LogP contribution in [0.15, 0.2) is 73.1 Å². The predicted molar refractivity (Wildman–Crippen MR) is 144 cm³/mol. The average Bonchev–Trinajstić information content (AvgIpc) is 3.60. The molecule has 0 saturated carbocycles. The molecule has 0 spiro atoms. The highest BCUT2D eigenvalue weighted by Gasteiger charge is 2.36. The van der Waals surface area contributed by atoms with Crippen molar-refractivity contribution in [2.75, 3.05) is 5.75 Å². The Balaban J connectivity index is 1.21. The number of allylic oxidation sites excluding steroid dienone is 1. The molecule has 3 heterocycles. The molecule has 190 valence electrons. The van der Waals surface area contributed by atoms with Crippen molar-refractivity contribution >= 4 is 34.1 Å². The monoisotopic (exact) mass is 515 g/mol. The van der Waals surface area contributed by atoms with E-state index >= 15 is 0 Å². The van der Waals surface area contributed by atoms with Gasteiger partial charge < -0.3 is 20.4 Å². The molecule has 3 atom stereocenters. The summed E-state index contributed by atoms with van der Waals surface area (Å²) in [6.07, 6.45) is 0.919. The normalized spacial score (nSPS) is 17.3. The number of pyridine rings is 1. The smallest absolute Gasteiger partial charge is 0.255 e. The molecule has 7 nitrogen and oxygen atoms in total. The summed E-state index contributed by atoms with van der Waals surface area (Å²) in [5, 5.41) is 23.6. The minimum Gasteiger partial charge on any atom is -0.380 e. The number of rotatable bonds is 7. The zero-order valence-corrected chi connectivity index (χ0v) is 21.3. The number of nitrogens with zero attached hydrogens (tertiary/aromatic N) is 2. The Labute approximate surface area is 220 Å². The maximum atomic E-state index is 12.7. The molecule has 0 radical (unpaired) electrons. The van der Waals surface area contributed by atoms with Gasteiger partial charge in [0.15, 0.2) is 12.2 Å². The van der Waals surface area contributed by atoms with Crippen LogP contribution in [0, 0.1) is 0 Å². The third-order valence-electron chi connectivity index (χ3n) is 6.91. The van der Waals surface area contributed by atoms with Crippen molar-refractivity contribution < 1.29 is 19.8 Å². The lowest BCUT2D eigenvalue weighted by atomic mass is 10.00. The molecule has 8 heteroatoms. The Bertz CT molecular complexity index is 1300. The fourth-order valence-corrected chi connectivity index (χ4v) is 6.01. The number of hydrogen-bond donors (Lipinski definition) is 3. The van der Waals surface area contributed by atoms with Crippen LogP contribution >= 0.6 is 11.8 Å². The van der Waals surface area contributed by atoms with E-state index in [9.17, 15) is 19.8 Å².